The molecular formula is C9H17NO4. The van der Waals surface area contributed by atoms with E-state index in [1.807, 2.05) is 0 Å². The van der Waals surface area contributed by atoms with E-state index in [0.29, 0.717) is 6.61 Å². The van der Waals surface area contributed by atoms with E-state index >= 15 is 0 Å². The minimum absolute atomic E-state index is 0.0462. The summed E-state index contributed by atoms with van der Waals surface area (Å²) in [5, 5.41) is 11.5. The fourth-order valence-corrected chi connectivity index (χ4v) is 0.765. The van der Waals surface area contributed by atoms with E-state index in [1.165, 1.54) is 0 Å². The molecule has 0 aromatic carbocycles. The zero-order valence-electron chi connectivity index (χ0n) is 8.79. The Kier molecular flexibility index (Phi) is 5.15. The van der Waals surface area contributed by atoms with E-state index in [1.54, 1.807) is 20.8 Å². The summed E-state index contributed by atoms with van der Waals surface area (Å²) in [6, 6.07) is 0. The Morgan fingerprint density at radius 2 is 2.00 bits per heavy atom. The number of ether oxygens (including phenoxy) is 1. The van der Waals surface area contributed by atoms with E-state index in [9.17, 15) is 9.59 Å². The predicted molar refractivity (Wildman–Crippen MR) is 50.9 cm³/mol. The third-order valence-corrected chi connectivity index (χ3v) is 1.72. The van der Waals surface area contributed by atoms with Crippen molar-refractivity contribution in [3.63, 3.8) is 0 Å². The highest BCUT2D eigenvalue weighted by molar-refractivity contribution is 5.74. The van der Waals surface area contributed by atoms with E-state index in [-0.39, 0.29) is 19.1 Å². The molecule has 0 atom stereocenters. The first-order valence-corrected chi connectivity index (χ1v) is 4.50. The molecule has 0 bridgehead atoms. The van der Waals surface area contributed by atoms with Crippen molar-refractivity contribution in [3.8, 4) is 0 Å². The number of carboxylic acid groups (broad SMARTS) is 1. The summed E-state index contributed by atoms with van der Waals surface area (Å²) in [6.45, 7) is 5.52. The highest BCUT2D eigenvalue weighted by atomic mass is 16.5. The number of aliphatic carboxylic acids is 1. The molecule has 5 heteroatoms. The van der Waals surface area contributed by atoms with Gasteiger partial charge in [-0.3, -0.25) is 9.59 Å². The van der Waals surface area contributed by atoms with Gasteiger partial charge in [-0.25, -0.2) is 0 Å². The Labute approximate surface area is 83.4 Å². The first kappa shape index (κ1) is 12.9. The van der Waals surface area contributed by atoms with Crippen LogP contribution in [0.5, 0.6) is 0 Å². The highest BCUT2D eigenvalue weighted by Gasteiger charge is 2.26. The molecule has 0 unspecified atom stereocenters. The summed E-state index contributed by atoms with van der Waals surface area (Å²) in [6.07, 6.45) is 0. The van der Waals surface area contributed by atoms with Crippen LogP contribution >= 0.6 is 0 Å². The van der Waals surface area contributed by atoms with Crippen molar-refractivity contribution in [3.05, 3.63) is 0 Å². The maximum Gasteiger partial charge on any atom is 0.319 e. The second-order valence-corrected chi connectivity index (χ2v) is 3.60. The largest absolute Gasteiger partial charge is 0.481 e. The molecule has 0 aliphatic carbocycles. The van der Waals surface area contributed by atoms with Gasteiger partial charge in [-0.1, -0.05) is 0 Å². The summed E-state index contributed by atoms with van der Waals surface area (Å²) < 4.78 is 4.67. The van der Waals surface area contributed by atoms with Gasteiger partial charge >= 0.3 is 11.9 Å². The highest BCUT2D eigenvalue weighted by Crippen LogP contribution is 2.12. The van der Waals surface area contributed by atoms with Crippen molar-refractivity contribution in [1.29, 1.82) is 0 Å². The molecule has 14 heavy (non-hydrogen) atoms. The Hall–Kier alpha value is -1.10. The van der Waals surface area contributed by atoms with Gasteiger partial charge in [-0.2, -0.15) is 0 Å². The molecule has 0 fully saturated rings. The lowest BCUT2D eigenvalue weighted by Crippen LogP contribution is -2.38. The van der Waals surface area contributed by atoms with E-state index in [0.717, 1.165) is 0 Å². The summed E-state index contributed by atoms with van der Waals surface area (Å²) in [7, 11) is 0. The Morgan fingerprint density at radius 1 is 1.43 bits per heavy atom. The van der Waals surface area contributed by atoms with Crippen molar-refractivity contribution in [1.82, 2.24) is 5.32 Å². The number of hydrogen-bond acceptors (Lipinski definition) is 4. The average molecular weight is 203 g/mol. The van der Waals surface area contributed by atoms with Crippen molar-refractivity contribution < 1.29 is 19.4 Å². The van der Waals surface area contributed by atoms with Gasteiger partial charge in [0, 0.05) is 6.54 Å². The second kappa shape index (κ2) is 5.59. The van der Waals surface area contributed by atoms with Gasteiger partial charge in [0.25, 0.3) is 0 Å². The van der Waals surface area contributed by atoms with Crippen molar-refractivity contribution in [2.45, 2.75) is 20.8 Å². The Morgan fingerprint density at radius 3 is 2.43 bits per heavy atom. The number of carboxylic acids is 1. The topological polar surface area (TPSA) is 75.6 Å². The number of hydrogen-bond donors (Lipinski definition) is 2. The summed E-state index contributed by atoms with van der Waals surface area (Å²) in [5.41, 5.74) is -0.869. The van der Waals surface area contributed by atoms with Crippen LogP contribution in [-0.2, 0) is 14.3 Å². The molecule has 0 rings (SSSR count). The second-order valence-electron chi connectivity index (χ2n) is 3.60. The van der Waals surface area contributed by atoms with Crippen LogP contribution in [0.4, 0.5) is 0 Å². The van der Waals surface area contributed by atoms with Gasteiger partial charge in [-0.05, 0) is 20.8 Å². The average Bonchev–Trinajstić information content (AvgIpc) is 2.04. The zero-order valence-corrected chi connectivity index (χ0v) is 8.79. The molecule has 0 amide bonds. The number of nitrogens with one attached hydrogen (secondary N) is 1. The molecule has 0 heterocycles. The third kappa shape index (κ3) is 4.81. The van der Waals surface area contributed by atoms with Crippen LogP contribution in [0.3, 0.4) is 0 Å². The molecule has 0 saturated heterocycles. The molecule has 0 saturated carbocycles. The molecule has 5 nitrogen and oxygen atoms in total. The summed E-state index contributed by atoms with van der Waals surface area (Å²) in [4.78, 5) is 21.5. The monoisotopic (exact) mass is 203 g/mol. The molecule has 0 aliphatic heterocycles. The molecule has 0 aliphatic rings. The number of carbonyl (C=O) groups excluding carboxylic acids is 1. The smallest absolute Gasteiger partial charge is 0.319 e. The molecule has 0 aromatic heterocycles. The van der Waals surface area contributed by atoms with Gasteiger partial charge in [0.05, 0.1) is 18.6 Å². The predicted octanol–water partition coefficient (Wildman–Crippen LogP) is 0.250. The van der Waals surface area contributed by atoms with Crippen LogP contribution in [0, 0.1) is 5.41 Å². The lowest BCUT2D eigenvalue weighted by atomic mass is 9.94. The first-order chi connectivity index (χ1) is 6.40. The van der Waals surface area contributed by atoms with E-state index in [4.69, 9.17) is 5.11 Å². The summed E-state index contributed by atoms with van der Waals surface area (Å²) >= 11 is 0. The zero-order chi connectivity index (χ0) is 11.2. The van der Waals surface area contributed by atoms with Crippen LogP contribution in [-0.4, -0.2) is 36.7 Å². The van der Waals surface area contributed by atoms with Crippen molar-refractivity contribution in [2.75, 3.05) is 19.7 Å². The number of carbonyl (C=O) groups is 2. The van der Waals surface area contributed by atoms with Crippen LogP contribution in [0.1, 0.15) is 20.8 Å². The molecule has 82 valence electrons. The van der Waals surface area contributed by atoms with E-state index in [2.05, 4.69) is 10.1 Å². The van der Waals surface area contributed by atoms with Gasteiger partial charge < -0.3 is 15.2 Å². The maximum absolute atomic E-state index is 10.9. The van der Waals surface area contributed by atoms with Crippen LogP contribution in [0.15, 0.2) is 0 Å². The third-order valence-electron chi connectivity index (χ3n) is 1.72. The molecule has 0 radical (unpaired) electrons. The maximum atomic E-state index is 10.9. The Bertz CT molecular complexity index is 213. The van der Waals surface area contributed by atoms with Gasteiger partial charge in [0.2, 0.25) is 0 Å². The van der Waals surface area contributed by atoms with Crippen LogP contribution in [0.25, 0.3) is 0 Å². The lowest BCUT2D eigenvalue weighted by Gasteiger charge is -2.18. The SMILES string of the molecule is CCOC(=O)CNCC(C)(C)C(=O)O. The van der Waals surface area contributed by atoms with Gasteiger partial charge in [-0.15, -0.1) is 0 Å². The quantitative estimate of drug-likeness (QED) is 0.605. The Balaban J connectivity index is 3.74. The van der Waals surface area contributed by atoms with Gasteiger partial charge in [0.1, 0.15) is 0 Å². The minimum Gasteiger partial charge on any atom is -0.481 e. The standard InChI is InChI=1S/C9H17NO4/c1-4-14-7(11)5-10-6-9(2,3)8(12)13/h10H,4-6H2,1-3H3,(H,12,13). The van der Waals surface area contributed by atoms with Crippen molar-refractivity contribution in [2.24, 2.45) is 5.41 Å². The fraction of sp³-hybridized carbons (Fsp3) is 0.778. The van der Waals surface area contributed by atoms with Crippen molar-refractivity contribution >= 4 is 11.9 Å². The van der Waals surface area contributed by atoms with Gasteiger partial charge in [0.15, 0.2) is 0 Å². The first-order valence-electron chi connectivity index (χ1n) is 4.50. The minimum atomic E-state index is -0.895. The molecule has 2 N–H and O–H groups in total. The van der Waals surface area contributed by atoms with Crippen LogP contribution in [0.2, 0.25) is 0 Å². The lowest BCUT2D eigenvalue weighted by molar-refractivity contribution is -0.147. The van der Waals surface area contributed by atoms with Crippen LogP contribution < -0.4 is 5.32 Å². The number of esters is 1. The fourth-order valence-electron chi connectivity index (χ4n) is 0.765. The normalized spacial score (nSPS) is 11.1. The summed E-state index contributed by atoms with van der Waals surface area (Å²) in [5.74, 6) is -1.26. The number of rotatable bonds is 6. The molecule has 0 spiro atoms. The molecule has 0 aromatic rings. The molecular weight excluding hydrogens is 186 g/mol. The van der Waals surface area contributed by atoms with E-state index < -0.39 is 11.4 Å².